The summed E-state index contributed by atoms with van der Waals surface area (Å²) in [6, 6.07) is 17.9. The number of para-hydroxylation sites is 2. The van der Waals surface area contributed by atoms with Gasteiger partial charge in [0.2, 0.25) is 5.78 Å². The Hall–Kier alpha value is -2.88. The lowest BCUT2D eigenvalue weighted by atomic mass is 10.1. The number of imidazole rings is 2. The largest absolute Gasteiger partial charge is 0.313 e. The molecular formula is C18H15N3O. The second kappa shape index (κ2) is 4.56. The predicted octanol–water partition coefficient (Wildman–Crippen LogP) is 3.70. The zero-order valence-corrected chi connectivity index (χ0v) is 12.4. The highest BCUT2D eigenvalue weighted by Crippen LogP contribution is 2.29. The van der Waals surface area contributed by atoms with Gasteiger partial charge in [-0.3, -0.25) is 9.20 Å². The summed E-state index contributed by atoms with van der Waals surface area (Å²) in [5.74, 6) is 0.799. The Kier molecular flexibility index (Phi) is 2.66. The van der Waals surface area contributed by atoms with Crippen LogP contribution in [0.4, 0.5) is 0 Å². The molecule has 4 rings (SSSR count). The Balaban J connectivity index is 2.19. The van der Waals surface area contributed by atoms with Crippen molar-refractivity contribution in [3.63, 3.8) is 0 Å². The van der Waals surface area contributed by atoms with E-state index in [-0.39, 0.29) is 5.78 Å². The molecule has 108 valence electrons. The Morgan fingerprint density at radius 2 is 1.59 bits per heavy atom. The molecule has 22 heavy (non-hydrogen) atoms. The number of aryl methyl sites for hydroxylation is 1. The summed E-state index contributed by atoms with van der Waals surface area (Å²) in [7, 11) is 1.98. The smallest absolute Gasteiger partial charge is 0.215 e. The van der Waals surface area contributed by atoms with Crippen LogP contribution in [0.1, 0.15) is 17.4 Å². The van der Waals surface area contributed by atoms with Crippen LogP contribution < -0.4 is 0 Å². The molecule has 0 bridgehead atoms. The average molecular weight is 289 g/mol. The maximum Gasteiger partial charge on any atom is 0.215 e. The molecule has 0 aliphatic carbocycles. The Bertz CT molecular complexity index is 1010. The minimum absolute atomic E-state index is 0.0164. The molecular weight excluding hydrogens is 274 g/mol. The summed E-state index contributed by atoms with van der Waals surface area (Å²) in [6.45, 7) is 1.59. The van der Waals surface area contributed by atoms with E-state index in [1.54, 1.807) is 6.92 Å². The minimum Gasteiger partial charge on any atom is -0.313 e. The van der Waals surface area contributed by atoms with Crippen molar-refractivity contribution >= 4 is 22.6 Å². The molecule has 0 saturated carbocycles. The first-order valence-corrected chi connectivity index (χ1v) is 7.20. The molecule has 0 unspecified atom stereocenters. The van der Waals surface area contributed by atoms with Gasteiger partial charge in [-0.15, -0.1) is 0 Å². The van der Waals surface area contributed by atoms with Crippen LogP contribution in [0.25, 0.3) is 28.1 Å². The number of carbonyl (C=O) groups excluding carboxylic acids is 1. The monoisotopic (exact) mass is 289 g/mol. The van der Waals surface area contributed by atoms with Crippen molar-refractivity contribution in [2.75, 3.05) is 0 Å². The van der Waals surface area contributed by atoms with Gasteiger partial charge in [0.25, 0.3) is 0 Å². The lowest BCUT2D eigenvalue weighted by Gasteiger charge is -2.02. The lowest BCUT2D eigenvalue weighted by molar-refractivity contribution is 0.101. The standard InChI is InChI=1S/C18H15N3O/c1-12(22)17-16(13-8-4-3-5-9-13)19-18-20(2)14-10-6-7-11-15(14)21(17)18/h3-11H,1-2H3. The van der Waals surface area contributed by atoms with E-state index in [9.17, 15) is 4.79 Å². The molecule has 0 radical (unpaired) electrons. The molecule has 2 aromatic carbocycles. The number of aromatic nitrogens is 3. The summed E-state index contributed by atoms with van der Waals surface area (Å²) in [5.41, 5.74) is 4.40. The van der Waals surface area contributed by atoms with Gasteiger partial charge < -0.3 is 4.57 Å². The van der Waals surface area contributed by atoms with E-state index < -0.39 is 0 Å². The van der Waals surface area contributed by atoms with Gasteiger partial charge in [-0.2, -0.15) is 0 Å². The first-order chi connectivity index (χ1) is 10.7. The zero-order valence-electron chi connectivity index (χ0n) is 12.4. The number of nitrogens with zero attached hydrogens (tertiary/aromatic N) is 3. The van der Waals surface area contributed by atoms with Gasteiger partial charge >= 0.3 is 0 Å². The highest BCUT2D eigenvalue weighted by molar-refractivity contribution is 6.01. The number of hydrogen-bond donors (Lipinski definition) is 0. The van der Waals surface area contributed by atoms with E-state index in [0.29, 0.717) is 5.69 Å². The van der Waals surface area contributed by atoms with Crippen LogP contribution >= 0.6 is 0 Å². The molecule has 0 spiro atoms. The van der Waals surface area contributed by atoms with E-state index in [2.05, 4.69) is 0 Å². The normalized spacial score (nSPS) is 11.4. The van der Waals surface area contributed by atoms with Crippen molar-refractivity contribution in [2.24, 2.45) is 7.05 Å². The van der Waals surface area contributed by atoms with E-state index in [1.807, 2.05) is 70.6 Å². The fraction of sp³-hybridized carbons (Fsp3) is 0.111. The van der Waals surface area contributed by atoms with Crippen LogP contribution in [-0.4, -0.2) is 19.7 Å². The van der Waals surface area contributed by atoms with E-state index in [4.69, 9.17) is 4.98 Å². The Morgan fingerprint density at radius 1 is 0.955 bits per heavy atom. The van der Waals surface area contributed by atoms with Crippen molar-refractivity contribution < 1.29 is 4.79 Å². The highest BCUT2D eigenvalue weighted by atomic mass is 16.1. The second-order valence-corrected chi connectivity index (χ2v) is 5.41. The highest BCUT2D eigenvalue weighted by Gasteiger charge is 2.22. The summed E-state index contributed by atoms with van der Waals surface area (Å²) in [4.78, 5) is 17.0. The van der Waals surface area contributed by atoms with Gasteiger partial charge in [-0.1, -0.05) is 42.5 Å². The van der Waals surface area contributed by atoms with Crippen LogP contribution in [0.3, 0.4) is 0 Å². The third kappa shape index (κ3) is 1.64. The number of hydrogen-bond acceptors (Lipinski definition) is 2. The number of fused-ring (bicyclic) bond motifs is 3. The fourth-order valence-electron chi connectivity index (χ4n) is 3.03. The van der Waals surface area contributed by atoms with Crippen LogP contribution in [0.5, 0.6) is 0 Å². The molecule has 2 heterocycles. The van der Waals surface area contributed by atoms with Crippen LogP contribution in [0, 0.1) is 0 Å². The molecule has 0 atom stereocenters. The van der Waals surface area contributed by atoms with Crippen molar-refractivity contribution in [1.29, 1.82) is 0 Å². The number of benzene rings is 2. The van der Waals surface area contributed by atoms with Crippen LogP contribution in [0.2, 0.25) is 0 Å². The molecule has 0 saturated heterocycles. The number of Topliss-reactive ketones (excluding diaryl/α,β-unsaturated/α-hetero) is 1. The van der Waals surface area contributed by atoms with Crippen molar-refractivity contribution in [3.05, 3.63) is 60.3 Å². The third-order valence-electron chi connectivity index (χ3n) is 4.02. The number of ketones is 1. The Morgan fingerprint density at radius 3 is 2.27 bits per heavy atom. The molecule has 0 fully saturated rings. The van der Waals surface area contributed by atoms with Crippen molar-refractivity contribution in [2.45, 2.75) is 6.92 Å². The average Bonchev–Trinajstić information content (AvgIpc) is 3.06. The van der Waals surface area contributed by atoms with Gasteiger partial charge in [-0.05, 0) is 12.1 Å². The molecule has 0 amide bonds. The maximum absolute atomic E-state index is 12.3. The predicted molar refractivity (Wildman–Crippen MR) is 87.1 cm³/mol. The zero-order chi connectivity index (χ0) is 15.3. The van der Waals surface area contributed by atoms with Crippen LogP contribution in [0.15, 0.2) is 54.6 Å². The second-order valence-electron chi connectivity index (χ2n) is 5.41. The van der Waals surface area contributed by atoms with Crippen molar-refractivity contribution in [3.8, 4) is 11.3 Å². The maximum atomic E-state index is 12.3. The quantitative estimate of drug-likeness (QED) is 0.528. The summed E-state index contributed by atoms with van der Waals surface area (Å²) in [5, 5.41) is 0. The first kappa shape index (κ1) is 12.8. The molecule has 0 N–H and O–H groups in total. The first-order valence-electron chi connectivity index (χ1n) is 7.20. The summed E-state index contributed by atoms with van der Waals surface area (Å²) < 4.78 is 3.98. The fourth-order valence-corrected chi connectivity index (χ4v) is 3.03. The number of carbonyl (C=O) groups is 1. The van der Waals surface area contributed by atoms with E-state index in [1.165, 1.54) is 0 Å². The summed E-state index contributed by atoms with van der Waals surface area (Å²) >= 11 is 0. The molecule has 4 nitrogen and oxygen atoms in total. The lowest BCUT2D eigenvalue weighted by Crippen LogP contribution is -2.00. The Labute approximate surface area is 127 Å². The topological polar surface area (TPSA) is 39.3 Å². The molecule has 4 aromatic rings. The number of rotatable bonds is 2. The minimum atomic E-state index is 0.0164. The van der Waals surface area contributed by atoms with Gasteiger partial charge in [0, 0.05) is 19.5 Å². The molecule has 4 heteroatoms. The SMILES string of the molecule is CC(=O)c1c(-c2ccccc2)nc2n(C)c3ccccc3n12. The van der Waals surface area contributed by atoms with E-state index in [0.717, 1.165) is 28.1 Å². The van der Waals surface area contributed by atoms with Gasteiger partial charge in [0.15, 0.2) is 5.78 Å². The molecule has 0 aliphatic heterocycles. The van der Waals surface area contributed by atoms with E-state index >= 15 is 0 Å². The van der Waals surface area contributed by atoms with Crippen LogP contribution in [-0.2, 0) is 7.05 Å². The molecule has 2 aromatic heterocycles. The van der Waals surface area contributed by atoms with Gasteiger partial charge in [0.05, 0.1) is 11.0 Å². The summed E-state index contributed by atoms with van der Waals surface area (Å²) in [6.07, 6.45) is 0. The third-order valence-corrected chi connectivity index (χ3v) is 4.02. The van der Waals surface area contributed by atoms with Gasteiger partial charge in [0.1, 0.15) is 11.4 Å². The van der Waals surface area contributed by atoms with Gasteiger partial charge in [-0.25, -0.2) is 4.98 Å². The molecule has 0 aliphatic rings. The van der Waals surface area contributed by atoms with Crippen molar-refractivity contribution in [1.82, 2.24) is 14.0 Å².